The summed E-state index contributed by atoms with van der Waals surface area (Å²) in [4.78, 5) is 0. The van der Waals surface area contributed by atoms with E-state index in [1.807, 2.05) is 8.93 Å². The molecule has 1 nitrogen and oxygen atoms in total. The van der Waals surface area contributed by atoms with Crippen LogP contribution in [0.3, 0.4) is 0 Å². The van der Waals surface area contributed by atoms with Gasteiger partial charge < -0.3 is 0 Å². The molecule has 2 atom stereocenters. The van der Waals surface area contributed by atoms with Crippen molar-refractivity contribution in [3.8, 4) is 0 Å². The molecule has 0 amide bonds. The van der Waals surface area contributed by atoms with E-state index in [0.717, 1.165) is 0 Å². The van der Waals surface area contributed by atoms with Crippen LogP contribution >= 0.6 is 26.8 Å². The monoisotopic (exact) mass is 113 g/mol. The van der Waals surface area contributed by atoms with Gasteiger partial charge in [-0.25, -0.2) is 5.00 Å². The molecule has 0 N–H and O–H groups in total. The lowest BCUT2D eigenvalue weighted by Gasteiger charge is -1.48. The average Bonchev–Trinajstić information content (AvgIpc) is 0.811. The Bertz CT molecular complexity index is 52.2. The normalized spacial score (nSPS) is 10.8. The van der Waals surface area contributed by atoms with Crippen molar-refractivity contribution in [3.63, 3.8) is 0 Å². The van der Waals surface area contributed by atoms with Gasteiger partial charge in [0.15, 0.2) is 6.60 Å². The Morgan fingerprint density at radius 3 is 2.00 bits per heavy atom. The highest BCUT2D eigenvalue weighted by molar-refractivity contribution is 8.19. The van der Waals surface area contributed by atoms with Crippen LogP contribution in [-0.4, -0.2) is 0 Å². The molecule has 0 spiro atoms. The third kappa shape index (κ3) is 15.3. The number of hydrogen-bond donors (Lipinski definition) is 0. The van der Waals surface area contributed by atoms with Gasteiger partial charge >= 0.3 is 0 Å². The Hall–Kier alpha value is 0.730. The predicted molar refractivity (Wildman–Crippen MR) is 24.2 cm³/mol. The summed E-state index contributed by atoms with van der Waals surface area (Å²) in [5, 5.41) is 7.85. The Kier molecular flexibility index (Phi) is 2.36. The molecule has 0 aromatic rings. The van der Waals surface area contributed by atoms with Gasteiger partial charge in [-0.05, 0) is 20.2 Å². The fourth-order valence-electron chi connectivity index (χ4n) is 0. The van der Waals surface area contributed by atoms with E-state index >= 15 is 0 Å². The van der Waals surface area contributed by atoms with E-state index in [0.29, 0.717) is 0 Å². The maximum absolute atomic E-state index is 7.85. The molecule has 2 unspecified atom stereocenters. The Labute approximate surface area is 32.6 Å². The van der Waals surface area contributed by atoms with Crippen LogP contribution in [0.25, 0.3) is 0 Å². The highest BCUT2D eigenvalue weighted by Gasteiger charge is 1.58. The molecule has 4 heteroatoms. The highest BCUT2D eigenvalue weighted by atomic mass is 35.7. The fourth-order valence-corrected chi connectivity index (χ4v) is 0. The second kappa shape index (κ2) is 2.00. The maximum Gasteiger partial charge on any atom is 0.154 e. The molecule has 4 heavy (non-hydrogen) atoms. The summed E-state index contributed by atoms with van der Waals surface area (Å²) in [6.07, 6.45) is 0. The first-order chi connectivity index (χ1) is 1.73. The van der Waals surface area contributed by atoms with Crippen molar-refractivity contribution in [2.75, 3.05) is 0 Å². The first-order valence-electron chi connectivity index (χ1n) is 0.627. The molecule has 0 aromatic heterocycles. The van der Waals surface area contributed by atoms with Gasteiger partial charge in [-0.15, -0.1) is 0 Å². The second-order valence-corrected chi connectivity index (χ2v) is 4.35. The molecular formula is H2ClNP2. The summed E-state index contributed by atoms with van der Waals surface area (Å²) < 4.78 is 0. The van der Waals surface area contributed by atoms with E-state index in [2.05, 4.69) is 0 Å². The van der Waals surface area contributed by atoms with Crippen LogP contribution in [-0.2, 0) is 0 Å². The van der Waals surface area contributed by atoms with Crippen LogP contribution in [0.4, 0.5) is 0 Å². The third-order valence-electron chi connectivity index (χ3n) is 0. The minimum Gasteiger partial charge on any atom is -0.223 e. The van der Waals surface area contributed by atoms with Gasteiger partial charge in [-0.3, -0.25) is 0 Å². The van der Waals surface area contributed by atoms with E-state index in [4.69, 9.17) is 16.2 Å². The molecule has 24 valence electrons. The van der Waals surface area contributed by atoms with E-state index < -0.39 is 6.60 Å². The van der Waals surface area contributed by atoms with Gasteiger partial charge in [0.25, 0.3) is 0 Å². The highest BCUT2D eigenvalue weighted by Crippen LogP contribution is 2.31. The zero-order valence-corrected chi connectivity index (χ0v) is 4.65. The largest absolute Gasteiger partial charge is 0.223 e. The van der Waals surface area contributed by atoms with Crippen molar-refractivity contribution in [2.45, 2.75) is 0 Å². The molecule has 0 saturated heterocycles. The van der Waals surface area contributed by atoms with Crippen LogP contribution in [0.2, 0.25) is 0 Å². The molecule has 0 fully saturated rings. The number of nitrogens with zero attached hydrogens (tertiary/aromatic N) is 1. The topological polar surface area (TPSA) is 23.8 Å². The van der Waals surface area contributed by atoms with E-state index in [9.17, 15) is 0 Å². The molecule has 0 aromatic carbocycles. The van der Waals surface area contributed by atoms with Crippen molar-refractivity contribution in [3.05, 3.63) is 0 Å². The van der Waals surface area contributed by atoms with Gasteiger partial charge in [0.2, 0.25) is 0 Å². The number of halogens is 1. The molecular weight excluding hydrogens is 111 g/mol. The summed E-state index contributed by atoms with van der Waals surface area (Å²) in [7, 11) is 2.04. The minimum atomic E-state index is -1.23. The molecule has 0 aliphatic rings. The zero-order valence-electron chi connectivity index (χ0n) is 1.85. The Morgan fingerprint density at radius 1 is 2.00 bits per heavy atom. The Morgan fingerprint density at radius 2 is 2.00 bits per heavy atom. The smallest absolute Gasteiger partial charge is 0.154 e. The lowest BCUT2D eigenvalue weighted by molar-refractivity contribution is 1.66. The quantitative estimate of drug-likeness (QED) is 0.440. The lowest BCUT2D eigenvalue weighted by atomic mass is 14.0. The van der Waals surface area contributed by atoms with Gasteiger partial charge in [-0.1, -0.05) is 0 Å². The average molecular weight is 113 g/mol. The van der Waals surface area contributed by atoms with Crippen molar-refractivity contribution >= 4 is 26.8 Å². The minimum absolute atomic E-state index is 1.23. The maximum atomic E-state index is 7.85. The third-order valence-corrected chi connectivity index (χ3v) is 0. The van der Waals surface area contributed by atoms with Crippen molar-refractivity contribution in [2.24, 2.45) is 0 Å². The molecule has 0 aliphatic carbocycles. The van der Waals surface area contributed by atoms with Crippen LogP contribution in [0.5, 0.6) is 0 Å². The van der Waals surface area contributed by atoms with Gasteiger partial charge in [0.05, 0.1) is 0 Å². The number of hydrogen-bond acceptors (Lipinski definition) is 1. The molecule has 0 aliphatic heterocycles. The second-order valence-electron chi connectivity index (χ2n) is 0.289. The van der Waals surface area contributed by atoms with Gasteiger partial charge in [0, 0.05) is 0 Å². The Balaban J connectivity index is 3.02. The predicted octanol–water partition coefficient (Wildman–Crippen LogP) is 1.89. The first-order valence-corrected chi connectivity index (χ1v) is 4.45. The lowest BCUT2D eigenvalue weighted by Crippen LogP contribution is -0.808. The van der Waals surface area contributed by atoms with Crippen LogP contribution in [0, 0.1) is 5.00 Å². The summed E-state index contributed by atoms with van der Waals surface area (Å²) in [6.45, 7) is -1.23. The summed E-state index contributed by atoms with van der Waals surface area (Å²) in [5.41, 5.74) is 0. The van der Waals surface area contributed by atoms with Crippen LogP contribution < -0.4 is 0 Å². The summed E-state index contributed by atoms with van der Waals surface area (Å²) in [5.74, 6) is 0. The van der Waals surface area contributed by atoms with E-state index in [-0.39, 0.29) is 0 Å². The first kappa shape index (κ1) is 4.73. The van der Waals surface area contributed by atoms with Crippen LogP contribution in [0.15, 0.2) is 0 Å². The molecule has 0 radical (unpaired) electrons. The van der Waals surface area contributed by atoms with Gasteiger partial charge in [0.1, 0.15) is 0 Å². The standard InChI is InChI=1S/ClH2NP2/c1-4(2)3/h3H2. The van der Waals surface area contributed by atoms with Gasteiger partial charge in [-0.2, -0.15) is 0 Å². The number of rotatable bonds is 0. The summed E-state index contributed by atoms with van der Waals surface area (Å²) >= 11 is 4.86. The molecule has 0 rings (SSSR count). The molecule has 0 heterocycles. The van der Waals surface area contributed by atoms with Crippen molar-refractivity contribution in [1.29, 1.82) is 5.00 Å². The van der Waals surface area contributed by atoms with E-state index in [1.165, 1.54) is 0 Å². The fraction of sp³-hybridized carbons (Fsp3) is 0. The van der Waals surface area contributed by atoms with Crippen LogP contribution in [0.1, 0.15) is 0 Å². The van der Waals surface area contributed by atoms with E-state index in [1.54, 1.807) is 0 Å². The zero-order chi connectivity index (χ0) is 3.58. The SMILES string of the molecule is N#P(P)Cl. The van der Waals surface area contributed by atoms with Crippen molar-refractivity contribution < 1.29 is 0 Å². The molecule has 0 saturated carbocycles. The van der Waals surface area contributed by atoms with Crippen molar-refractivity contribution in [1.82, 2.24) is 0 Å². The molecule has 0 bridgehead atoms. The summed E-state index contributed by atoms with van der Waals surface area (Å²) in [6, 6.07) is 0.